The summed E-state index contributed by atoms with van der Waals surface area (Å²) in [6.07, 6.45) is 4.46. The molecular weight excluding hydrogens is 310 g/mol. The van der Waals surface area contributed by atoms with Crippen molar-refractivity contribution in [2.45, 2.75) is 32.1 Å². The highest BCUT2D eigenvalue weighted by atomic mass is 16.2. The van der Waals surface area contributed by atoms with Gasteiger partial charge in [0.1, 0.15) is 5.82 Å². The number of rotatable bonds is 3. The summed E-state index contributed by atoms with van der Waals surface area (Å²) in [7, 11) is 0. The Morgan fingerprint density at radius 3 is 2.88 bits per heavy atom. The number of imidazole rings is 1. The summed E-state index contributed by atoms with van der Waals surface area (Å²) >= 11 is 0. The predicted octanol–water partition coefficient (Wildman–Crippen LogP) is 3.82. The van der Waals surface area contributed by atoms with Gasteiger partial charge in [-0.3, -0.25) is 4.79 Å². The van der Waals surface area contributed by atoms with Crippen LogP contribution < -0.4 is 0 Å². The van der Waals surface area contributed by atoms with E-state index in [2.05, 4.69) is 40.3 Å². The summed E-state index contributed by atoms with van der Waals surface area (Å²) in [4.78, 5) is 22.6. The number of hydrogen-bond donors (Lipinski definition) is 1. The van der Waals surface area contributed by atoms with Crippen LogP contribution in [0, 0.1) is 6.92 Å². The number of benzene rings is 2. The fourth-order valence-corrected chi connectivity index (χ4v) is 3.70. The van der Waals surface area contributed by atoms with Gasteiger partial charge in [0.25, 0.3) is 0 Å². The average Bonchev–Trinajstić information content (AvgIpc) is 3.08. The largest absolute Gasteiger partial charge is 0.346 e. The minimum absolute atomic E-state index is 0.211. The lowest BCUT2D eigenvalue weighted by molar-refractivity contribution is -0.131. The highest BCUT2D eigenvalue weighted by Gasteiger charge is 2.26. The van der Waals surface area contributed by atoms with Crippen molar-refractivity contribution in [1.82, 2.24) is 14.9 Å². The Morgan fingerprint density at radius 1 is 1.24 bits per heavy atom. The Hall–Kier alpha value is -2.62. The zero-order chi connectivity index (χ0) is 17.2. The molecule has 4 nitrogen and oxygen atoms in total. The standard InChI is InChI=1S/C21H23N3O/c1-15-13-22-21(23-15)19-7-4-10-24(14-19)20(25)12-16-8-9-17-5-2-3-6-18(17)11-16/h2-3,5-6,8-9,11,13,19H,4,7,10,12,14H2,1H3,(H,22,23)/t19-/m1/s1. The maximum Gasteiger partial charge on any atom is 0.227 e. The minimum atomic E-state index is 0.211. The van der Waals surface area contributed by atoms with E-state index in [9.17, 15) is 4.79 Å². The number of fused-ring (bicyclic) bond motifs is 1. The number of nitrogens with one attached hydrogen (secondary N) is 1. The van der Waals surface area contributed by atoms with Gasteiger partial charge in [-0.05, 0) is 36.1 Å². The normalized spacial score (nSPS) is 17.8. The number of amides is 1. The van der Waals surface area contributed by atoms with Crippen molar-refractivity contribution in [2.75, 3.05) is 13.1 Å². The summed E-state index contributed by atoms with van der Waals surface area (Å²) in [5.74, 6) is 1.55. The summed E-state index contributed by atoms with van der Waals surface area (Å²) in [5.41, 5.74) is 2.16. The lowest BCUT2D eigenvalue weighted by Crippen LogP contribution is -2.40. The van der Waals surface area contributed by atoms with E-state index >= 15 is 0 Å². The first-order valence-electron chi connectivity index (χ1n) is 8.96. The van der Waals surface area contributed by atoms with Crippen LogP contribution in [-0.2, 0) is 11.2 Å². The molecule has 25 heavy (non-hydrogen) atoms. The van der Waals surface area contributed by atoms with Crippen molar-refractivity contribution in [1.29, 1.82) is 0 Å². The molecule has 3 aromatic rings. The molecule has 1 amide bonds. The van der Waals surface area contributed by atoms with Crippen LogP contribution >= 0.6 is 0 Å². The quantitative estimate of drug-likeness (QED) is 0.792. The van der Waals surface area contributed by atoms with E-state index in [1.807, 2.05) is 30.2 Å². The summed E-state index contributed by atoms with van der Waals surface area (Å²) < 4.78 is 0. The van der Waals surface area contributed by atoms with Gasteiger partial charge in [-0.2, -0.15) is 0 Å². The minimum Gasteiger partial charge on any atom is -0.346 e. The summed E-state index contributed by atoms with van der Waals surface area (Å²) in [6, 6.07) is 14.6. The van der Waals surface area contributed by atoms with Gasteiger partial charge in [-0.1, -0.05) is 42.5 Å². The van der Waals surface area contributed by atoms with Crippen LogP contribution in [0.15, 0.2) is 48.7 Å². The monoisotopic (exact) mass is 333 g/mol. The van der Waals surface area contributed by atoms with E-state index in [0.29, 0.717) is 12.3 Å². The van der Waals surface area contributed by atoms with Gasteiger partial charge in [-0.15, -0.1) is 0 Å². The molecule has 2 heterocycles. The molecule has 0 aliphatic carbocycles. The van der Waals surface area contributed by atoms with Crippen molar-refractivity contribution in [3.05, 3.63) is 65.7 Å². The molecular formula is C21H23N3O. The highest BCUT2D eigenvalue weighted by Crippen LogP contribution is 2.25. The molecule has 4 rings (SSSR count). The molecule has 1 aromatic heterocycles. The number of nitrogens with zero attached hydrogens (tertiary/aromatic N) is 2. The van der Waals surface area contributed by atoms with Crippen molar-refractivity contribution in [3.8, 4) is 0 Å². The molecule has 0 radical (unpaired) electrons. The van der Waals surface area contributed by atoms with E-state index in [-0.39, 0.29) is 5.91 Å². The maximum atomic E-state index is 12.8. The molecule has 1 aliphatic rings. The lowest BCUT2D eigenvalue weighted by Gasteiger charge is -2.32. The third-order valence-corrected chi connectivity index (χ3v) is 5.05. The smallest absolute Gasteiger partial charge is 0.227 e. The van der Waals surface area contributed by atoms with Crippen molar-refractivity contribution in [2.24, 2.45) is 0 Å². The fourth-order valence-electron chi connectivity index (χ4n) is 3.70. The Morgan fingerprint density at radius 2 is 2.08 bits per heavy atom. The van der Waals surface area contributed by atoms with Gasteiger partial charge in [0.05, 0.1) is 6.42 Å². The zero-order valence-corrected chi connectivity index (χ0v) is 14.5. The van der Waals surface area contributed by atoms with E-state index in [1.165, 1.54) is 10.8 Å². The number of hydrogen-bond acceptors (Lipinski definition) is 2. The van der Waals surface area contributed by atoms with Crippen LogP contribution in [0.3, 0.4) is 0 Å². The van der Waals surface area contributed by atoms with Crippen LogP contribution in [0.25, 0.3) is 10.8 Å². The van der Waals surface area contributed by atoms with Gasteiger partial charge in [0.15, 0.2) is 0 Å². The van der Waals surface area contributed by atoms with Gasteiger partial charge in [-0.25, -0.2) is 4.98 Å². The Labute approximate surface area is 147 Å². The first kappa shape index (κ1) is 15.9. The van der Waals surface area contributed by atoms with Crippen molar-refractivity contribution >= 4 is 16.7 Å². The number of aromatic nitrogens is 2. The molecule has 1 atom stereocenters. The molecule has 1 aliphatic heterocycles. The third-order valence-electron chi connectivity index (χ3n) is 5.05. The second-order valence-corrected chi connectivity index (χ2v) is 6.99. The molecule has 0 saturated carbocycles. The number of H-pyrrole nitrogens is 1. The highest BCUT2D eigenvalue weighted by molar-refractivity contribution is 5.85. The summed E-state index contributed by atoms with van der Waals surface area (Å²) in [6.45, 7) is 3.63. The molecule has 0 bridgehead atoms. The van der Waals surface area contributed by atoms with Crippen LogP contribution in [0.4, 0.5) is 0 Å². The molecule has 128 valence electrons. The molecule has 0 unspecified atom stereocenters. The van der Waals surface area contributed by atoms with Crippen LogP contribution in [0.1, 0.15) is 35.8 Å². The van der Waals surface area contributed by atoms with E-state index < -0.39 is 0 Å². The Kier molecular flexibility index (Phi) is 4.26. The topological polar surface area (TPSA) is 49.0 Å². The molecule has 1 N–H and O–H groups in total. The zero-order valence-electron chi connectivity index (χ0n) is 14.5. The molecule has 2 aromatic carbocycles. The Bertz CT molecular complexity index is 899. The third kappa shape index (κ3) is 3.43. The van der Waals surface area contributed by atoms with Crippen LogP contribution in [0.2, 0.25) is 0 Å². The van der Waals surface area contributed by atoms with Gasteiger partial charge < -0.3 is 9.88 Å². The number of carbonyl (C=O) groups excluding carboxylic acids is 1. The predicted molar refractivity (Wildman–Crippen MR) is 99.5 cm³/mol. The first-order valence-corrected chi connectivity index (χ1v) is 8.96. The lowest BCUT2D eigenvalue weighted by atomic mass is 9.96. The van der Waals surface area contributed by atoms with Gasteiger partial charge in [0.2, 0.25) is 5.91 Å². The van der Waals surface area contributed by atoms with Crippen LogP contribution in [0.5, 0.6) is 0 Å². The second-order valence-electron chi connectivity index (χ2n) is 6.99. The Balaban J connectivity index is 1.46. The van der Waals surface area contributed by atoms with Crippen molar-refractivity contribution < 1.29 is 4.79 Å². The number of likely N-dealkylation sites (tertiary alicyclic amines) is 1. The summed E-state index contributed by atoms with van der Waals surface area (Å²) in [5, 5.41) is 2.40. The molecule has 1 saturated heterocycles. The van der Waals surface area contributed by atoms with E-state index in [4.69, 9.17) is 0 Å². The van der Waals surface area contributed by atoms with Gasteiger partial charge in [0, 0.05) is 30.9 Å². The SMILES string of the molecule is Cc1cnc([C@@H]2CCCN(C(=O)Cc3ccc4ccccc4c3)C2)[nH]1. The maximum absolute atomic E-state index is 12.8. The molecule has 0 spiro atoms. The number of aromatic amines is 1. The number of piperidine rings is 1. The van der Waals surface area contributed by atoms with E-state index in [0.717, 1.165) is 43.0 Å². The van der Waals surface area contributed by atoms with Crippen molar-refractivity contribution in [3.63, 3.8) is 0 Å². The number of carbonyl (C=O) groups is 1. The van der Waals surface area contributed by atoms with E-state index in [1.54, 1.807) is 0 Å². The molecule has 4 heteroatoms. The second kappa shape index (κ2) is 6.71. The van der Waals surface area contributed by atoms with Gasteiger partial charge >= 0.3 is 0 Å². The van der Waals surface area contributed by atoms with Crippen LogP contribution in [-0.4, -0.2) is 33.9 Å². The molecule has 1 fully saturated rings. The average molecular weight is 333 g/mol. The fraction of sp³-hybridized carbons (Fsp3) is 0.333. The first-order chi connectivity index (χ1) is 12.2. The number of aryl methyl sites for hydroxylation is 1.